The molecular weight excluding hydrogens is 630 g/mol. The average Bonchev–Trinajstić information content (AvgIpc) is 3.77. The number of aryl methyl sites for hydroxylation is 1. The largest absolute Gasteiger partial charge is 0.392 e. The minimum absolute atomic E-state index is 0.248. The molecule has 7 rings (SSSR count). The van der Waals surface area contributed by atoms with E-state index in [9.17, 15) is 10.4 Å². The minimum atomic E-state index is -0.248. The maximum atomic E-state index is 10.4. The molecule has 9 heteroatoms. The van der Waals surface area contributed by atoms with Gasteiger partial charge < -0.3 is 10.4 Å². The van der Waals surface area contributed by atoms with Crippen LogP contribution in [-0.2, 0) is 13.1 Å². The van der Waals surface area contributed by atoms with E-state index >= 15 is 0 Å². The number of nitriles is 1. The van der Waals surface area contributed by atoms with Crippen LogP contribution >= 0.6 is 11.6 Å². The van der Waals surface area contributed by atoms with Crippen LogP contribution in [0, 0.1) is 25.2 Å². The van der Waals surface area contributed by atoms with Crippen molar-refractivity contribution in [1.29, 1.82) is 5.26 Å². The van der Waals surface area contributed by atoms with Crippen LogP contribution < -0.4 is 5.32 Å². The molecule has 0 radical (unpaired) electrons. The van der Waals surface area contributed by atoms with Gasteiger partial charge in [0.05, 0.1) is 17.4 Å². The number of fused-ring (bicyclic) bond motifs is 1. The Labute approximate surface area is 292 Å². The molecule has 0 amide bonds. The summed E-state index contributed by atoms with van der Waals surface area (Å²) >= 11 is 6.76. The Morgan fingerprint density at radius 2 is 1.80 bits per heavy atom. The highest BCUT2D eigenvalue weighted by Gasteiger charge is 2.21. The molecule has 2 aliphatic heterocycles. The van der Waals surface area contributed by atoms with E-state index in [1.54, 1.807) is 12.4 Å². The molecule has 1 atom stereocenters. The highest BCUT2D eigenvalue weighted by molar-refractivity contribution is 6.32. The number of aromatic nitrogens is 3. The van der Waals surface area contributed by atoms with Gasteiger partial charge in [-0.05, 0) is 116 Å². The second kappa shape index (κ2) is 14.5. The number of nitrogens with one attached hydrogen (secondary N) is 1. The second-order valence-electron chi connectivity index (χ2n) is 13.2. The smallest absolute Gasteiger partial charge is 0.156 e. The fourth-order valence-electron chi connectivity index (χ4n) is 7.03. The van der Waals surface area contributed by atoms with E-state index in [-0.39, 0.29) is 6.10 Å². The predicted octanol–water partition coefficient (Wildman–Crippen LogP) is 7.91. The van der Waals surface area contributed by atoms with Gasteiger partial charge in [0.15, 0.2) is 5.82 Å². The maximum Gasteiger partial charge on any atom is 0.156 e. The number of benzene rings is 2. The maximum absolute atomic E-state index is 10.4. The Morgan fingerprint density at radius 1 is 0.959 bits per heavy atom. The molecule has 5 aromatic rings. The van der Waals surface area contributed by atoms with Crippen LogP contribution in [0.5, 0.6) is 0 Å². The van der Waals surface area contributed by atoms with Crippen LogP contribution in [0.15, 0.2) is 67.1 Å². The molecule has 2 saturated heterocycles. The molecule has 0 saturated carbocycles. The summed E-state index contributed by atoms with van der Waals surface area (Å²) in [6.07, 6.45) is 12.3. The number of aliphatic hydroxyl groups is 1. The van der Waals surface area contributed by atoms with E-state index in [4.69, 9.17) is 16.6 Å². The first-order valence-electron chi connectivity index (χ1n) is 17.0. The molecule has 0 spiro atoms. The van der Waals surface area contributed by atoms with Crippen molar-refractivity contribution in [2.24, 2.45) is 0 Å². The van der Waals surface area contributed by atoms with Crippen LogP contribution in [-0.4, -0.2) is 62.1 Å². The number of pyridine rings is 3. The van der Waals surface area contributed by atoms with Crippen LogP contribution in [0.25, 0.3) is 34.2 Å². The number of hydrogen-bond donors (Lipinski definition) is 2. The van der Waals surface area contributed by atoms with Gasteiger partial charge in [-0.15, -0.1) is 0 Å². The van der Waals surface area contributed by atoms with Crippen molar-refractivity contribution in [3.8, 4) is 17.2 Å². The first-order chi connectivity index (χ1) is 23.9. The first-order valence-corrected chi connectivity index (χ1v) is 17.3. The summed E-state index contributed by atoms with van der Waals surface area (Å²) in [6.45, 7) is 9.72. The van der Waals surface area contributed by atoms with Gasteiger partial charge in [-0.1, -0.05) is 35.9 Å². The van der Waals surface area contributed by atoms with Crippen molar-refractivity contribution < 1.29 is 5.11 Å². The Morgan fingerprint density at radius 3 is 2.59 bits per heavy atom. The molecule has 248 valence electrons. The number of halogens is 1. The van der Waals surface area contributed by atoms with Crippen LogP contribution in [0.3, 0.4) is 0 Å². The van der Waals surface area contributed by atoms with Crippen LogP contribution in [0.1, 0.15) is 58.3 Å². The fourth-order valence-corrected chi connectivity index (χ4v) is 7.28. The number of aliphatic hydroxyl groups excluding tert-OH is 1. The lowest BCUT2D eigenvalue weighted by molar-refractivity contribution is 0.175. The fraction of sp³-hybridized carbons (Fsp3) is 0.300. The summed E-state index contributed by atoms with van der Waals surface area (Å²) in [7, 11) is 0. The summed E-state index contributed by atoms with van der Waals surface area (Å²) in [4.78, 5) is 18.7. The van der Waals surface area contributed by atoms with Gasteiger partial charge in [0.1, 0.15) is 11.6 Å². The van der Waals surface area contributed by atoms with Crippen molar-refractivity contribution in [3.63, 3.8) is 0 Å². The molecule has 8 nitrogen and oxygen atoms in total. The zero-order valence-electron chi connectivity index (χ0n) is 28.0. The predicted molar refractivity (Wildman–Crippen MR) is 197 cm³/mol. The third kappa shape index (κ3) is 7.22. The SMILES string of the molecule is Cc1cc(/C=C/c2nccc(-c3cccc(Nc4nccc5cc(CN6CC[C@@H](O)C6)cnc45)c3C)c2C#N)c(Cl)cc1CN1CCCC1. The summed E-state index contributed by atoms with van der Waals surface area (Å²) in [5.74, 6) is 0.665. The van der Waals surface area contributed by atoms with Crippen LogP contribution in [0.4, 0.5) is 11.5 Å². The van der Waals surface area contributed by atoms with Gasteiger partial charge in [-0.3, -0.25) is 19.8 Å². The van der Waals surface area contributed by atoms with Gasteiger partial charge >= 0.3 is 0 Å². The lowest BCUT2D eigenvalue weighted by atomic mass is 9.94. The topological polar surface area (TPSA) is 101 Å². The molecule has 0 bridgehead atoms. The molecule has 0 unspecified atom stereocenters. The number of likely N-dealkylation sites (tertiary alicyclic amines) is 2. The van der Waals surface area contributed by atoms with Crippen molar-refractivity contribution in [1.82, 2.24) is 24.8 Å². The Hall–Kier alpha value is -4.65. The van der Waals surface area contributed by atoms with Crippen molar-refractivity contribution in [2.75, 3.05) is 31.5 Å². The molecule has 2 fully saturated rings. The molecule has 2 aromatic carbocycles. The minimum Gasteiger partial charge on any atom is -0.392 e. The number of anilines is 2. The third-order valence-corrected chi connectivity index (χ3v) is 10.1. The van der Waals surface area contributed by atoms with Gasteiger partial charge in [0.2, 0.25) is 0 Å². The summed E-state index contributed by atoms with van der Waals surface area (Å²) in [5.41, 5.74) is 9.94. The van der Waals surface area contributed by atoms with E-state index in [1.807, 2.05) is 55.6 Å². The normalized spacial score (nSPS) is 16.9. The number of β-amino-alcohol motifs (C(OH)–C–C–N with tert-alkyl or cyclic N) is 1. The zero-order chi connectivity index (χ0) is 33.9. The van der Waals surface area contributed by atoms with E-state index in [1.165, 1.54) is 24.0 Å². The number of nitrogens with zero attached hydrogens (tertiary/aromatic N) is 6. The number of rotatable bonds is 9. The van der Waals surface area contributed by atoms with Crippen molar-refractivity contribution >= 4 is 46.2 Å². The van der Waals surface area contributed by atoms with E-state index in [0.29, 0.717) is 28.6 Å². The quantitative estimate of drug-likeness (QED) is 0.163. The first kappa shape index (κ1) is 32.9. The Balaban J connectivity index is 1.14. The summed E-state index contributed by atoms with van der Waals surface area (Å²) < 4.78 is 0. The lowest BCUT2D eigenvalue weighted by Gasteiger charge is -2.17. The molecule has 5 heterocycles. The number of hydrogen-bond acceptors (Lipinski definition) is 8. The molecule has 2 aliphatic rings. The van der Waals surface area contributed by atoms with Gasteiger partial charge in [-0.25, -0.2) is 4.98 Å². The Bertz CT molecular complexity index is 2080. The van der Waals surface area contributed by atoms with Gasteiger partial charge in [-0.2, -0.15) is 5.26 Å². The van der Waals surface area contributed by atoms with E-state index < -0.39 is 0 Å². The van der Waals surface area contributed by atoms with Crippen molar-refractivity contribution in [3.05, 3.63) is 111 Å². The lowest BCUT2D eigenvalue weighted by Crippen LogP contribution is -2.21. The molecule has 2 N–H and O–H groups in total. The highest BCUT2D eigenvalue weighted by Crippen LogP contribution is 2.34. The third-order valence-electron chi connectivity index (χ3n) is 9.75. The molecule has 3 aromatic heterocycles. The highest BCUT2D eigenvalue weighted by atomic mass is 35.5. The Kier molecular flexibility index (Phi) is 9.70. The van der Waals surface area contributed by atoms with Gasteiger partial charge in [0.25, 0.3) is 0 Å². The average molecular weight is 670 g/mol. The monoisotopic (exact) mass is 669 g/mol. The molecule has 0 aliphatic carbocycles. The van der Waals surface area contributed by atoms with Crippen molar-refractivity contribution in [2.45, 2.75) is 52.3 Å². The molecule has 49 heavy (non-hydrogen) atoms. The standard InChI is InChI=1S/C40H40ClN7O/c1-26-18-29(36(41)20-31(26)24-47-15-3-4-16-47)8-9-38-35(21-42)34(11-14-43-38)33-6-5-7-37(27(33)2)46-40-39-30(10-13-44-40)19-28(22-45-39)23-48-17-12-32(49)25-48/h5-11,13-14,18-20,22,32,49H,3-4,12,15-17,23-25H2,1-2H3,(H,44,46)/b9-8+/t32-/m1/s1. The van der Waals surface area contributed by atoms with E-state index in [2.05, 4.69) is 56.3 Å². The molecular formula is C40H40ClN7O. The summed E-state index contributed by atoms with van der Waals surface area (Å²) in [5, 5.41) is 25.5. The van der Waals surface area contributed by atoms with Gasteiger partial charge in [0, 0.05) is 66.4 Å². The summed E-state index contributed by atoms with van der Waals surface area (Å²) in [6, 6.07) is 18.6. The van der Waals surface area contributed by atoms with E-state index in [0.717, 1.165) is 83.6 Å². The zero-order valence-corrected chi connectivity index (χ0v) is 28.7. The second-order valence-corrected chi connectivity index (χ2v) is 13.6. The van der Waals surface area contributed by atoms with Crippen LogP contribution in [0.2, 0.25) is 5.02 Å².